The molecule has 2 aromatic rings. The molecule has 2 N–H and O–H groups in total. The van der Waals surface area contributed by atoms with E-state index in [1.165, 1.54) is 176 Å². The molecule has 0 radical (unpaired) electrons. The second-order valence-electron chi connectivity index (χ2n) is 14.2. The van der Waals surface area contributed by atoms with Crippen LogP contribution in [0.5, 0.6) is 0 Å². The van der Waals surface area contributed by atoms with Gasteiger partial charge < -0.3 is 10.0 Å². The number of rotatable bonds is 27. The topological polar surface area (TPSA) is 40.5 Å². The number of hydrogen-bond acceptors (Lipinski definition) is 2. The lowest BCUT2D eigenvalue weighted by atomic mass is 9.68. The van der Waals surface area contributed by atoms with Crippen LogP contribution in [-0.4, -0.2) is 17.2 Å². The number of benzene rings is 2. The summed E-state index contributed by atoms with van der Waals surface area (Å²) in [5, 5.41) is 21.0. The Kier molecular flexibility index (Phi) is 18.9. The second-order valence-corrected chi connectivity index (χ2v) is 14.7. The van der Waals surface area contributed by atoms with Crippen molar-refractivity contribution in [1.29, 1.82) is 0 Å². The van der Waals surface area contributed by atoms with Gasteiger partial charge in [-0.3, -0.25) is 0 Å². The Labute approximate surface area is 283 Å². The minimum Gasteiger partial charge on any atom is -0.423 e. The molecule has 1 aliphatic carbocycles. The molecule has 0 heterocycles. The summed E-state index contributed by atoms with van der Waals surface area (Å²) in [5.74, 6) is 0. The van der Waals surface area contributed by atoms with E-state index in [-0.39, 0.29) is 5.41 Å². The van der Waals surface area contributed by atoms with Crippen LogP contribution < -0.4 is 5.46 Å². The number of unbranched alkanes of at least 4 members (excludes halogenated alkanes) is 22. The standard InChI is InChI=1S/C41H66BClO2/c1-3-5-7-9-11-13-15-17-19-21-23-25-31-41(32-26-24-22-20-18-16-14-12-10-8-6-4-2)39-33-35(42(44)45)27-29-37(39)38-30-28-36(43)34-40(38)41/h27-30,33-34,44-45H,3-26,31-32H2,1-2H3. The molecular formula is C41H66BClO2. The fourth-order valence-electron chi connectivity index (χ4n) is 7.84. The van der Waals surface area contributed by atoms with Crippen LogP contribution >= 0.6 is 11.6 Å². The van der Waals surface area contributed by atoms with E-state index in [2.05, 4.69) is 38.1 Å². The lowest BCUT2D eigenvalue weighted by Gasteiger charge is -2.33. The molecule has 0 aromatic heterocycles. The van der Waals surface area contributed by atoms with E-state index >= 15 is 0 Å². The highest BCUT2D eigenvalue weighted by Crippen LogP contribution is 2.54. The summed E-state index contributed by atoms with van der Waals surface area (Å²) in [4.78, 5) is 0. The van der Waals surface area contributed by atoms with Crippen LogP contribution in [0.2, 0.25) is 5.02 Å². The van der Waals surface area contributed by atoms with Crippen LogP contribution in [0.25, 0.3) is 11.1 Å². The maximum absolute atomic E-state index is 10.1. The Morgan fingerprint density at radius 3 is 1.24 bits per heavy atom. The fourth-order valence-corrected chi connectivity index (χ4v) is 8.02. The van der Waals surface area contributed by atoms with Gasteiger partial charge in [-0.25, -0.2) is 0 Å². The Balaban J connectivity index is 1.56. The van der Waals surface area contributed by atoms with Gasteiger partial charge in [0.1, 0.15) is 0 Å². The molecule has 2 aromatic carbocycles. The molecule has 0 amide bonds. The van der Waals surface area contributed by atoms with Crippen molar-refractivity contribution in [3.05, 3.63) is 52.5 Å². The molecule has 252 valence electrons. The van der Waals surface area contributed by atoms with E-state index in [0.29, 0.717) is 5.46 Å². The molecule has 0 fully saturated rings. The van der Waals surface area contributed by atoms with E-state index in [1.54, 1.807) is 0 Å². The molecule has 0 saturated carbocycles. The van der Waals surface area contributed by atoms with Gasteiger partial charge in [-0.05, 0) is 52.7 Å². The number of fused-ring (bicyclic) bond motifs is 3. The highest BCUT2D eigenvalue weighted by molar-refractivity contribution is 6.58. The normalized spacial score (nSPS) is 13.3. The van der Waals surface area contributed by atoms with Crippen LogP contribution in [0.3, 0.4) is 0 Å². The highest BCUT2D eigenvalue weighted by atomic mass is 35.5. The Bertz CT molecular complexity index is 1040. The molecule has 0 unspecified atom stereocenters. The van der Waals surface area contributed by atoms with Gasteiger partial charge in [0.05, 0.1) is 0 Å². The second kappa shape index (κ2) is 22.3. The van der Waals surface area contributed by atoms with Crippen LogP contribution in [0.1, 0.15) is 192 Å². The highest BCUT2D eigenvalue weighted by Gasteiger charge is 2.42. The summed E-state index contributed by atoms with van der Waals surface area (Å²) in [6.45, 7) is 4.58. The van der Waals surface area contributed by atoms with Crippen molar-refractivity contribution in [2.45, 2.75) is 186 Å². The zero-order valence-corrected chi connectivity index (χ0v) is 30.0. The predicted octanol–water partition coefficient (Wildman–Crippen LogP) is 12.5. The SMILES string of the molecule is CCCCCCCCCCCCCCC1(CCCCCCCCCCCCCC)c2cc(Cl)ccc2-c2ccc(B(O)O)cc21. The van der Waals surface area contributed by atoms with Crippen LogP contribution in [0.15, 0.2) is 36.4 Å². The van der Waals surface area contributed by atoms with Crippen molar-refractivity contribution < 1.29 is 10.0 Å². The molecule has 45 heavy (non-hydrogen) atoms. The van der Waals surface area contributed by atoms with Gasteiger partial charge in [0.25, 0.3) is 0 Å². The molecule has 0 atom stereocenters. The molecule has 0 aliphatic heterocycles. The molecular weight excluding hydrogens is 571 g/mol. The van der Waals surface area contributed by atoms with Crippen LogP contribution in [0, 0.1) is 0 Å². The van der Waals surface area contributed by atoms with Crippen molar-refractivity contribution in [3.63, 3.8) is 0 Å². The zero-order valence-electron chi connectivity index (χ0n) is 29.2. The van der Waals surface area contributed by atoms with Gasteiger partial charge in [0.15, 0.2) is 0 Å². The first-order chi connectivity index (χ1) is 22.0. The molecule has 3 rings (SSSR count). The molecule has 2 nitrogen and oxygen atoms in total. The third-order valence-electron chi connectivity index (χ3n) is 10.6. The maximum atomic E-state index is 10.1. The monoisotopic (exact) mass is 636 g/mol. The van der Waals surface area contributed by atoms with Gasteiger partial charge in [-0.15, -0.1) is 0 Å². The van der Waals surface area contributed by atoms with E-state index < -0.39 is 7.12 Å². The van der Waals surface area contributed by atoms with Gasteiger partial charge in [-0.1, -0.05) is 204 Å². The summed E-state index contributed by atoms with van der Waals surface area (Å²) in [7, 11) is -1.45. The van der Waals surface area contributed by atoms with Crippen molar-refractivity contribution in [3.8, 4) is 11.1 Å². The van der Waals surface area contributed by atoms with Gasteiger partial charge in [-0.2, -0.15) is 0 Å². The average Bonchev–Trinajstić information content (AvgIpc) is 3.30. The quantitative estimate of drug-likeness (QED) is 0.0756. The third-order valence-corrected chi connectivity index (χ3v) is 10.8. The lowest BCUT2D eigenvalue weighted by molar-refractivity contribution is 0.396. The zero-order chi connectivity index (χ0) is 32.2. The Morgan fingerprint density at radius 2 is 0.844 bits per heavy atom. The molecule has 0 saturated heterocycles. The molecule has 0 spiro atoms. The Morgan fingerprint density at radius 1 is 0.489 bits per heavy atom. The molecule has 4 heteroatoms. The number of halogens is 1. The minimum absolute atomic E-state index is 0.0998. The summed E-state index contributed by atoms with van der Waals surface area (Å²) in [6.07, 6.45) is 34.7. The first-order valence-electron chi connectivity index (χ1n) is 19.3. The average molecular weight is 637 g/mol. The maximum Gasteiger partial charge on any atom is 0.488 e. The van der Waals surface area contributed by atoms with E-state index in [4.69, 9.17) is 11.6 Å². The van der Waals surface area contributed by atoms with E-state index in [1.807, 2.05) is 12.1 Å². The van der Waals surface area contributed by atoms with Crippen molar-refractivity contribution >= 4 is 24.2 Å². The summed E-state index contributed by atoms with van der Waals surface area (Å²) in [5.41, 5.74) is 5.69. The number of hydrogen-bond donors (Lipinski definition) is 2. The summed E-state index contributed by atoms with van der Waals surface area (Å²) >= 11 is 6.65. The van der Waals surface area contributed by atoms with Gasteiger partial charge >= 0.3 is 7.12 Å². The fraction of sp³-hybridized carbons (Fsp3) is 0.707. The minimum atomic E-state index is -1.45. The first-order valence-corrected chi connectivity index (χ1v) is 19.7. The van der Waals surface area contributed by atoms with Crippen molar-refractivity contribution in [2.75, 3.05) is 0 Å². The molecule has 0 bridgehead atoms. The van der Waals surface area contributed by atoms with Crippen LogP contribution in [-0.2, 0) is 5.41 Å². The van der Waals surface area contributed by atoms with Crippen LogP contribution in [0.4, 0.5) is 0 Å². The predicted molar refractivity (Wildman–Crippen MR) is 199 cm³/mol. The largest absolute Gasteiger partial charge is 0.488 e. The Hall–Kier alpha value is -1.29. The summed E-state index contributed by atoms with van der Waals surface area (Å²) < 4.78 is 0. The smallest absolute Gasteiger partial charge is 0.423 e. The third kappa shape index (κ3) is 12.7. The van der Waals surface area contributed by atoms with Gasteiger partial charge in [0.2, 0.25) is 0 Å². The first kappa shape index (κ1) is 38.2. The van der Waals surface area contributed by atoms with Crippen molar-refractivity contribution in [1.82, 2.24) is 0 Å². The van der Waals surface area contributed by atoms with E-state index in [0.717, 1.165) is 17.9 Å². The summed E-state index contributed by atoms with van der Waals surface area (Å²) in [6, 6.07) is 12.5. The lowest BCUT2D eigenvalue weighted by Crippen LogP contribution is -2.32. The van der Waals surface area contributed by atoms with Crippen molar-refractivity contribution in [2.24, 2.45) is 0 Å². The van der Waals surface area contributed by atoms with E-state index in [9.17, 15) is 10.0 Å². The molecule has 1 aliphatic rings. The van der Waals surface area contributed by atoms with Gasteiger partial charge in [0, 0.05) is 10.4 Å².